The van der Waals surface area contributed by atoms with Crippen LogP contribution in [0.25, 0.3) is 0 Å². The van der Waals surface area contributed by atoms with Gasteiger partial charge in [-0.1, -0.05) is 6.07 Å². The number of halogens is 2. The zero-order valence-corrected chi connectivity index (χ0v) is 20.0. The lowest BCUT2D eigenvalue weighted by atomic mass is 9.87. The fourth-order valence-electron chi connectivity index (χ4n) is 4.55. The van der Waals surface area contributed by atoms with E-state index in [1.807, 2.05) is 24.3 Å². The summed E-state index contributed by atoms with van der Waals surface area (Å²) in [6, 6.07) is 14.8. The minimum Gasteiger partial charge on any atom is -0.399 e. The zero-order chi connectivity index (χ0) is 20.4. The Kier molecular flexibility index (Phi) is 9.04. The third-order valence-electron chi connectivity index (χ3n) is 6.33. The summed E-state index contributed by atoms with van der Waals surface area (Å²) >= 11 is 0. The molecule has 0 bridgehead atoms. The fourth-order valence-corrected chi connectivity index (χ4v) is 4.55. The van der Waals surface area contributed by atoms with Crippen molar-refractivity contribution < 1.29 is 4.79 Å². The molecule has 1 unspecified atom stereocenters. The van der Waals surface area contributed by atoms with Crippen LogP contribution in [-0.2, 0) is 6.42 Å². The molecule has 1 atom stereocenters. The van der Waals surface area contributed by atoms with E-state index in [-0.39, 0.29) is 36.8 Å². The Labute approximate surface area is 198 Å². The van der Waals surface area contributed by atoms with Crippen LogP contribution >= 0.6 is 24.8 Å². The molecular weight excluding hydrogens is 431 g/mol. The van der Waals surface area contributed by atoms with E-state index in [0.29, 0.717) is 6.04 Å². The number of nitrogens with zero attached hydrogens (tertiary/aromatic N) is 2. The first kappa shape index (κ1) is 25.3. The maximum absolute atomic E-state index is 12.8. The largest absolute Gasteiger partial charge is 0.399 e. The second-order valence-corrected chi connectivity index (χ2v) is 8.54. The number of fused-ring (bicyclic) bond motifs is 1. The minimum atomic E-state index is -0.00384. The monoisotopic (exact) mass is 464 g/mol. The molecule has 4 rings (SSSR count). The van der Waals surface area contributed by atoms with Crippen LogP contribution in [0.5, 0.6) is 0 Å². The molecule has 5 nitrogen and oxygen atoms in total. The lowest BCUT2D eigenvalue weighted by Gasteiger charge is -2.38. The molecule has 0 saturated carbocycles. The summed E-state index contributed by atoms with van der Waals surface area (Å²) in [5.74, 6) is -0.00384. The standard InChI is InChI=1S/C24H32N4O.2ClH/c1-17(2)27-12-14-28(15-13-27)21-9-6-18(7-10-21)24(29)26-23-5-3-4-19-16-20(25)8-11-22(19)23;;/h6-11,16-17,23H,3-5,12-15,25H2,1-2H3,(H,26,29);2*1H. The van der Waals surface area contributed by atoms with E-state index in [4.69, 9.17) is 5.73 Å². The summed E-state index contributed by atoms with van der Waals surface area (Å²) in [6.45, 7) is 8.75. The van der Waals surface area contributed by atoms with Crippen molar-refractivity contribution in [2.24, 2.45) is 0 Å². The molecule has 3 N–H and O–H groups in total. The van der Waals surface area contributed by atoms with Gasteiger partial charge in [-0.25, -0.2) is 0 Å². The highest BCUT2D eigenvalue weighted by Gasteiger charge is 2.23. The van der Waals surface area contributed by atoms with Crippen molar-refractivity contribution >= 4 is 42.1 Å². The summed E-state index contributed by atoms with van der Waals surface area (Å²) in [5.41, 5.74) is 11.1. The Balaban J connectivity index is 0.00000171. The predicted octanol–water partition coefficient (Wildman–Crippen LogP) is 4.45. The van der Waals surface area contributed by atoms with Crippen LogP contribution in [0.15, 0.2) is 42.5 Å². The lowest BCUT2D eigenvalue weighted by molar-refractivity contribution is 0.0933. The highest BCUT2D eigenvalue weighted by atomic mass is 35.5. The molecular formula is C24H34Cl2N4O. The maximum atomic E-state index is 12.8. The van der Waals surface area contributed by atoms with Crippen LogP contribution in [0.4, 0.5) is 11.4 Å². The number of piperazine rings is 1. The number of nitrogen functional groups attached to an aromatic ring is 1. The molecule has 7 heteroatoms. The Hall–Kier alpha value is -1.95. The molecule has 0 spiro atoms. The van der Waals surface area contributed by atoms with E-state index in [0.717, 1.165) is 56.7 Å². The number of aryl methyl sites for hydroxylation is 1. The van der Waals surface area contributed by atoms with E-state index < -0.39 is 0 Å². The van der Waals surface area contributed by atoms with Crippen molar-refractivity contribution in [2.45, 2.75) is 45.2 Å². The Morgan fingerprint density at radius 2 is 1.71 bits per heavy atom. The first-order valence-corrected chi connectivity index (χ1v) is 10.8. The zero-order valence-electron chi connectivity index (χ0n) is 18.3. The SMILES string of the molecule is CC(C)N1CCN(c2ccc(C(=O)NC3CCCc4cc(N)ccc43)cc2)CC1.Cl.Cl. The van der Waals surface area contributed by atoms with E-state index in [1.54, 1.807) is 0 Å². The Morgan fingerprint density at radius 3 is 2.35 bits per heavy atom. The molecule has 2 aliphatic rings. The summed E-state index contributed by atoms with van der Waals surface area (Å²) < 4.78 is 0. The first-order chi connectivity index (χ1) is 14.0. The van der Waals surface area contributed by atoms with Gasteiger partial charge < -0.3 is 16.0 Å². The fraction of sp³-hybridized carbons (Fsp3) is 0.458. The highest BCUT2D eigenvalue weighted by Crippen LogP contribution is 2.31. The van der Waals surface area contributed by atoms with Gasteiger partial charge in [0.2, 0.25) is 0 Å². The summed E-state index contributed by atoms with van der Waals surface area (Å²) in [6.07, 6.45) is 3.08. The molecule has 2 aromatic carbocycles. The average Bonchev–Trinajstić information content (AvgIpc) is 2.74. The van der Waals surface area contributed by atoms with E-state index >= 15 is 0 Å². The van der Waals surface area contributed by atoms with Crippen molar-refractivity contribution in [3.05, 3.63) is 59.2 Å². The number of amides is 1. The molecule has 1 fully saturated rings. The third-order valence-corrected chi connectivity index (χ3v) is 6.33. The molecule has 1 aliphatic heterocycles. The van der Waals surface area contributed by atoms with Crippen LogP contribution < -0.4 is 16.0 Å². The predicted molar refractivity (Wildman–Crippen MR) is 134 cm³/mol. The van der Waals surface area contributed by atoms with Gasteiger partial charge >= 0.3 is 0 Å². The quantitative estimate of drug-likeness (QED) is 0.655. The van der Waals surface area contributed by atoms with Crippen LogP contribution in [0.3, 0.4) is 0 Å². The molecule has 0 radical (unpaired) electrons. The van der Waals surface area contributed by atoms with Crippen LogP contribution in [0.1, 0.15) is 54.2 Å². The molecule has 0 aromatic heterocycles. The van der Waals surface area contributed by atoms with Gasteiger partial charge in [0.25, 0.3) is 5.91 Å². The Bertz CT molecular complexity index is 864. The molecule has 1 amide bonds. The Morgan fingerprint density at radius 1 is 1.03 bits per heavy atom. The van der Waals surface area contributed by atoms with Gasteiger partial charge in [-0.3, -0.25) is 9.69 Å². The van der Waals surface area contributed by atoms with E-state index in [1.165, 1.54) is 16.8 Å². The van der Waals surface area contributed by atoms with Crippen molar-refractivity contribution in [2.75, 3.05) is 36.8 Å². The van der Waals surface area contributed by atoms with Crippen molar-refractivity contribution in [3.8, 4) is 0 Å². The lowest BCUT2D eigenvalue weighted by Crippen LogP contribution is -2.48. The smallest absolute Gasteiger partial charge is 0.251 e. The second-order valence-electron chi connectivity index (χ2n) is 8.54. The normalized spacial score (nSPS) is 18.5. The summed E-state index contributed by atoms with van der Waals surface area (Å²) in [7, 11) is 0. The van der Waals surface area contributed by atoms with Gasteiger partial charge in [0, 0.05) is 49.2 Å². The second kappa shape index (κ2) is 11.1. The van der Waals surface area contributed by atoms with Gasteiger partial charge in [-0.2, -0.15) is 0 Å². The van der Waals surface area contributed by atoms with Gasteiger partial charge in [0.15, 0.2) is 0 Å². The van der Waals surface area contributed by atoms with Crippen molar-refractivity contribution in [1.82, 2.24) is 10.2 Å². The number of carbonyl (C=O) groups is 1. The molecule has 2 aromatic rings. The number of rotatable bonds is 4. The maximum Gasteiger partial charge on any atom is 0.251 e. The van der Waals surface area contributed by atoms with Crippen LogP contribution in [-0.4, -0.2) is 43.0 Å². The number of carbonyl (C=O) groups excluding carboxylic acids is 1. The van der Waals surface area contributed by atoms with Crippen molar-refractivity contribution in [1.29, 1.82) is 0 Å². The third kappa shape index (κ3) is 5.85. The van der Waals surface area contributed by atoms with Gasteiger partial charge in [-0.15, -0.1) is 24.8 Å². The number of benzene rings is 2. The number of hydrogen-bond acceptors (Lipinski definition) is 4. The topological polar surface area (TPSA) is 61.6 Å². The van der Waals surface area contributed by atoms with Crippen LogP contribution in [0, 0.1) is 0 Å². The molecule has 1 saturated heterocycles. The van der Waals surface area contributed by atoms with Crippen LogP contribution in [0.2, 0.25) is 0 Å². The minimum absolute atomic E-state index is 0. The molecule has 1 aliphatic carbocycles. The summed E-state index contributed by atoms with van der Waals surface area (Å²) in [5, 5.41) is 3.23. The first-order valence-electron chi connectivity index (χ1n) is 10.8. The van der Waals surface area contributed by atoms with Gasteiger partial charge in [-0.05, 0) is 80.6 Å². The molecule has 170 valence electrons. The molecule has 1 heterocycles. The van der Waals surface area contributed by atoms with E-state index in [2.05, 4.69) is 47.2 Å². The van der Waals surface area contributed by atoms with Gasteiger partial charge in [0.05, 0.1) is 6.04 Å². The number of nitrogens with two attached hydrogens (primary N) is 1. The highest BCUT2D eigenvalue weighted by molar-refractivity contribution is 5.94. The number of anilines is 2. The summed E-state index contributed by atoms with van der Waals surface area (Å²) in [4.78, 5) is 17.8. The van der Waals surface area contributed by atoms with E-state index in [9.17, 15) is 4.79 Å². The van der Waals surface area contributed by atoms with Crippen molar-refractivity contribution in [3.63, 3.8) is 0 Å². The average molecular weight is 465 g/mol. The number of hydrogen-bond donors (Lipinski definition) is 2. The number of nitrogens with one attached hydrogen (secondary N) is 1. The molecule has 31 heavy (non-hydrogen) atoms. The van der Waals surface area contributed by atoms with Gasteiger partial charge in [0.1, 0.15) is 0 Å².